The van der Waals surface area contributed by atoms with E-state index < -0.39 is 11.5 Å². The van der Waals surface area contributed by atoms with Crippen molar-refractivity contribution in [1.82, 2.24) is 9.55 Å². The fourth-order valence-corrected chi connectivity index (χ4v) is 1.73. The normalized spacial score (nSPS) is 10.4. The van der Waals surface area contributed by atoms with Crippen LogP contribution in [-0.4, -0.2) is 9.55 Å². The first-order chi connectivity index (χ1) is 7.59. The van der Waals surface area contributed by atoms with E-state index in [0.717, 1.165) is 0 Å². The lowest BCUT2D eigenvalue weighted by Gasteiger charge is -2.07. The highest BCUT2D eigenvalue weighted by Gasteiger charge is 2.08. The Morgan fingerprint density at radius 2 is 2.12 bits per heavy atom. The fourth-order valence-electron chi connectivity index (χ4n) is 1.28. The minimum atomic E-state index is -0.550. The van der Waals surface area contributed by atoms with Gasteiger partial charge in [-0.3, -0.25) is 4.57 Å². The Balaban J connectivity index is 2.68. The van der Waals surface area contributed by atoms with E-state index in [1.54, 1.807) is 6.07 Å². The summed E-state index contributed by atoms with van der Waals surface area (Å²) >= 11 is 3.08. The maximum Gasteiger partial charge on any atom is 0.354 e. The lowest BCUT2D eigenvalue weighted by atomic mass is 10.3. The first kappa shape index (κ1) is 10.8. The first-order valence-electron chi connectivity index (χ1n) is 4.39. The maximum atomic E-state index is 13.3. The second kappa shape index (κ2) is 4.05. The Hall–Kier alpha value is -1.69. The topological polar surface area (TPSA) is 60.9 Å². The molecule has 4 nitrogen and oxygen atoms in total. The molecule has 6 heteroatoms. The van der Waals surface area contributed by atoms with Crippen LogP contribution in [0.5, 0.6) is 0 Å². The minimum Gasteiger partial charge on any atom is -0.383 e. The highest BCUT2D eigenvalue weighted by Crippen LogP contribution is 2.22. The molecule has 0 fully saturated rings. The predicted octanol–water partition coefficient (Wildman–Crippen LogP) is 1.72. The molecule has 0 unspecified atom stereocenters. The lowest BCUT2D eigenvalue weighted by molar-refractivity contribution is 0.619. The lowest BCUT2D eigenvalue weighted by Crippen LogP contribution is -2.22. The SMILES string of the molecule is Nc1ccn(-c2cccc(F)c2Br)c(=O)n1. The van der Waals surface area contributed by atoms with E-state index in [1.807, 2.05) is 0 Å². The number of hydrogen-bond acceptors (Lipinski definition) is 3. The van der Waals surface area contributed by atoms with E-state index in [1.165, 1.54) is 29.0 Å². The molecule has 0 saturated heterocycles. The van der Waals surface area contributed by atoms with Crippen LogP contribution in [0.4, 0.5) is 10.2 Å². The fraction of sp³-hybridized carbons (Fsp3) is 0. The Morgan fingerprint density at radius 1 is 1.38 bits per heavy atom. The van der Waals surface area contributed by atoms with Crippen molar-refractivity contribution in [3.05, 3.63) is 51.2 Å². The zero-order valence-electron chi connectivity index (χ0n) is 8.02. The predicted molar refractivity (Wildman–Crippen MR) is 61.9 cm³/mol. The molecular formula is C10H7BrFN3O. The molecule has 1 aromatic carbocycles. The number of halogens is 2. The number of nitrogens with two attached hydrogens (primary N) is 1. The summed E-state index contributed by atoms with van der Waals surface area (Å²) in [6.07, 6.45) is 1.45. The zero-order chi connectivity index (χ0) is 11.7. The quantitative estimate of drug-likeness (QED) is 0.867. The summed E-state index contributed by atoms with van der Waals surface area (Å²) in [5, 5.41) is 0. The second-order valence-corrected chi connectivity index (χ2v) is 3.87. The molecule has 0 aliphatic rings. The summed E-state index contributed by atoms with van der Waals surface area (Å²) in [6, 6.07) is 5.88. The van der Waals surface area contributed by atoms with Crippen molar-refractivity contribution < 1.29 is 4.39 Å². The number of aromatic nitrogens is 2. The molecule has 0 amide bonds. The van der Waals surface area contributed by atoms with Gasteiger partial charge < -0.3 is 5.73 Å². The molecule has 0 saturated carbocycles. The number of nitrogen functional groups attached to an aromatic ring is 1. The van der Waals surface area contributed by atoms with Crippen LogP contribution < -0.4 is 11.4 Å². The molecule has 16 heavy (non-hydrogen) atoms. The average molecular weight is 284 g/mol. The first-order valence-corrected chi connectivity index (χ1v) is 5.18. The van der Waals surface area contributed by atoms with Crippen molar-refractivity contribution in [3.63, 3.8) is 0 Å². The molecule has 0 spiro atoms. The van der Waals surface area contributed by atoms with Crippen molar-refractivity contribution in [2.75, 3.05) is 5.73 Å². The van der Waals surface area contributed by atoms with Crippen molar-refractivity contribution in [2.24, 2.45) is 0 Å². The van der Waals surface area contributed by atoms with Gasteiger partial charge in [-0.05, 0) is 34.1 Å². The molecule has 82 valence electrons. The molecule has 2 aromatic rings. The van der Waals surface area contributed by atoms with Gasteiger partial charge in [0.05, 0.1) is 10.2 Å². The Morgan fingerprint density at radius 3 is 2.81 bits per heavy atom. The summed E-state index contributed by atoms with van der Waals surface area (Å²) in [5.74, 6) is -0.310. The van der Waals surface area contributed by atoms with Crippen molar-refractivity contribution in [3.8, 4) is 5.69 Å². The van der Waals surface area contributed by atoms with Crippen LogP contribution in [0, 0.1) is 5.82 Å². The van der Waals surface area contributed by atoms with Crippen LogP contribution in [0.25, 0.3) is 5.69 Å². The Kier molecular flexibility index (Phi) is 2.74. The van der Waals surface area contributed by atoms with Crippen LogP contribution >= 0.6 is 15.9 Å². The van der Waals surface area contributed by atoms with Crippen LogP contribution in [0.1, 0.15) is 0 Å². The molecule has 0 bridgehead atoms. The van der Waals surface area contributed by atoms with E-state index in [-0.39, 0.29) is 10.3 Å². The van der Waals surface area contributed by atoms with Gasteiger partial charge in [0.1, 0.15) is 11.6 Å². The summed E-state index contributed by atoms with van der Waals surface area (Å²) in [6.45, 7) is 0. The van der Waals surface area contributed by atoms with Gasteiger partial charge in [-0.1, -0.05) is 6.07 Å². The number of nitrogens with zero attached hydrogens (tertiary/aromatic N) is 2. The van der Waals surface area contributed by atoms with Crippen LogP contribution in [-0.2, 0) is 0 Å². The van der Waals surface area contributed by atoms with Gasteiger partial charge in [-0.15, -0.1) is 0 Å². The molecule has 2 rings (SSSR count). The van der Waals surface area contributed by atoms with Crippen molar-refractivity contribution >= 4 is 21.7 Å². The number of rotatable bonds is 1. The molecule has 1 aromatic heterocycles. The highest BCUT2D eigenvalue weighted by atomic mass is 79.9. The van der Waals surface area contributed by atoms with E-state index in [0.29, 0.717) is 5.69 Å². The van der Waals surface area contributed by atoms with Gasteiger partial charge in [0.15, 0.2) is 0 Å². The minimum absolute atomic E-state index is 0.133. The maximum absolute atomic E-state index is 13.3. The molecule has 0 aliphatic heterocycles. The Labute approximate surface area is 98.7 Å². The monoisotopic (exact) mass is 283 g/mol. The largest absolute Gasteiger partial charge is 0.383 e. The molecule has 0 aliphatic carbocycles. The summed E-state index contributed by atoms with van der Waals surface area (Å²) in [4.78, 5) is 15.1. The van der Waals surface area contributed by atoms with E-state index in [9.17, 15) is 9.18 Å². The van der Waals surface area contributed by atoms with E-state index >= 15 is 0 Å². The van der Waals surface area contributed by atoms with Crippen LogP contribution in [0.2, 0.25) is 0 Å². The molecular weight excluding hydrogens is 277 g/mol. The Bertz CT molecular complexity index is 597. The smallest absolute Gasteiger partial charge is 0.354 e. The molecule has 0 radical (unpaired) electrons. The summed E-state index contributed by atoms with van der Waals surface area (Å²) in [7, 11) is 0. The standard InChI is InChI=1S/C10H7BrFN3O/c11-9-6(12)2-1-3-7(9)15-5-4-8(13)14-10(15)16/h1-5H,(H2,13,14,16). The highest BCUT2D eigenvalue weighted by molar-refractivity contribution is 9.10. The third-order valence-corrected chi connectivity index (χ3v) is 2.80. The second-order valence-electron chi connectivity index (χ2n) is 3.08. The average Bonchev–Trinajstić information content (AvgIpc) is 2.23. The molecule has 1 heterocycles. The van der Waals surface area contributed by atoms with Gasteiger partial charge >= 0.3 is 5.69 Å². The van der Waals surface area contributed by atoms with Gasteiger partial charge in [0, 0.05) is 6.20 Å². The van der Waals surface area contributed by atoms with Crippen molar-refractivity contribution in [2.45, 2.75) is 0 Å². The van der Waals surface area contributed by atoms with Gasteiger partial charge in [0.2, 0.25) is 0 Å². The molecule has 0 atom stereocenters. The van der Waals surface area contributed by atoms with Crippen LogP contribution in [0.15, 0.2) is 39.7 Å². The number of hydrogen-bond donors (Lipinski definition) is 1. The van der Waals surface area contributed by atoms with Gasteiger partial charge in [0.25, 0.3) is 0 Å². The third kappa shape index (κ3) is 1.83. The summed E-state index contributed by atoms with van der Waals surface area (Å²) < 4.78 is 14.7. The van der Waals surface area contributed by atoms with Crippen molar-refractivity contribution in [1.29, 1.82) is 0 Å². The van der Waals surface area contributed by atoms with Crippen LogP contribution in [0.3, 0.4) is 0 Å². The summed E-state index contributed by atoms with van der Waals surface area (Å²) in [5.41, 5.74) is 5.20. The van der Waals surface area contributed by atoms with Gasteiger partial charge in [-0.2, -0.15) is 4.98 Å². The number of anilines is 1. The van der Waals surface area contributed by atoms with E-state index in [4.69, 9.17) is 5.73 Å². The third-order valence-electron chi connectivity index (χ3n) is 2.02. The molecule has 2 N–H and O–H groups in total. The zero-order valence-corrected chi connectivity index (χ0v) is 9.61. The van der Waals surface area contributed by atoms with E-state index in [2.05, 4.69) is 20.9 Å². The van der Waals surface area contributed by atoms with Gasteiger partial charge in [-0.25, -0.2) is 9.18 Å². The number of benzene rings is 1.